The maximum Gasteiger partial charge on any atom is 0.417 e. The second-order valence-corrected chi connectivity index (χ2v) is 6.09. The molecule has 3 nitrogen and oxygen atoms in total. The molecule has 1 aliphatic heterocycles. The molecule has 1 fully saturated rings. The van der Waals surface area contributed by atoms with Gasteiger partial charge in [-0.15, -0.1) is 0 Å². The van der Waals surface area contributed by atoms with Gasteiger partial charge in [0.25, 0.3) is 0 Å². The molecule has 1 N–H and O–H groups in total. The van der Waals surface area contributed by atoms with Gasteiger partial charge in [0.2, 0.25) is 0 Å². The Morgan fingerprint density at radius 3 is 2.28 bits per heavy atom. The van der Waals surface area contributed by atoms with E-state index in [2.05, 4.69) is 5.32 Å². The van der Waals surface area contributed by atoms with Crippen LogP contribution in [-0.2, 0) is 6.18 Å². The number of anilines is 1. The van der Waals surface area contributed by atoms with Gasteiger partial charge in [0, 0.05) is 12.2 Å². The Bertz CT molecular complexity index is 624. The van der Waals surface area contributed by atoms with Crippen LogP contribution in [0.25, 0.3) is 0 Å². The Hall–Kier alpha value is -1.95. The van der Waals surface area contributed by atoms with Gasteiger partial charge in [0.15, 0.2) is 0 Å². The molecule has 0 amide bonds. The zero-order valence-electron chi connectivity index (χ0n) is 13.2. The predicted molar refractivity (Wildman–Crippen MR) is 79.9 cm³/mol. The summed E-state index contributed by atoms with van der Waals surface area (Å²) >= 11 is 0. The van der Waals surface area contributed by atoms with Crippen LogP contribution < -0.4 is 5.32 Å². The third kappa shape index (κ3) is 5.81. The lowest BCUT2D eigenvalue weighted by atomic mass is 9.96. The molecule has 0 bridgehead atoms. The molecule has 0 atom stereocenters. The third-order valence-electron chi connectivity index (χ3n) is 4.15. The minimum Gasteiger partial charge on any atom is -0.385 e. The van der Waals surface area contributed by atoms with Crippen LogP contribution in [0.4, 0.5) is 32.0 Å². The number of nitrogens with zero attached hydrogens (tertiary/aromatic N) is 2. The van der Waals surface area contributed by atoms with Crippen molar-refractivity contribution in [1.82, 2.24) is 4.90 Å². The van der Waals surface area contributed by atoms with Gasteiger partial charge in [-0.2, -0.15) is 31.6 Å². The summed E-state index contributed by atoms with van der Waals surface area (Å²) in [7, 11) is 0. The summed E-state index contributed by atoms with van der Waals surface area (Å²) in [5.41, 5.74) is -1.05. The number of hydrogen-bond acceptors (Lipinski definition) is 3. The van der Waals surface area contributed by atoms with E-state index in [0.29, 0.717) is 38.2 Å². The van der Waals surface area contributed by atoms with Gasteiger partial charge >= 0.3 is 12.4 Å². The van der Waals surface area contributed by atoms with Crippen LogP contribution >= 0.6 is 0 Å². The van der Waals surface area contributed by atoms with Crippen molar-refractivity contribution in [1.29, 1.82) is 5.26 Å². The first kappa shape index (κ1) is 19.4. The number of hydrogen-bond donors (Lipinski definition) is 1. The van der Waals surface area contributed by atoms with Crippen LogP contribution in [0.3, 0.4) is 0 Å². The molecule has 0 unspecified atom stereocenters. The summed E-state index contributed by atoms with van der Waals surface area (Å²) in [5, 5.41) is 11.8. The SMILES string of the molecule is N#Cc1cc(NCC2CCN(CC(F)(F)F)CC2)ccc1C(F)(F)F. The van der Waals surface area contributed by atoms with Gasteiger partial charge in [0.05, 0.1) is 23.7 Å². The molecular formula is C16H17F6N3. The van der Waals surface area contributed by atoms with Gasteiger partial charge in [-0.3, -0.25) is 4.90 Å². The molecule has 0 saturated carbocycles. The molecule has 1 aromatic rings. The standard InChI is InChI=1S/C16H17F6N3/c17-15(18,19)10-25-5-3-11(4-6-25)9-24-13-1-2-14(16(20,21)22)12(7-13)8-23/h1-2,7,11,24H,3-6,9-10H2. The lowest BCUT2D eigenvalue weighted by molar-refractivity contribution is -0.148. The number of piperidine rings is 1. The second kappa shape index (κ2) is 7.52. The zero-order valence-corrected chi connectivity index (χ0v) is 13.2. The van der Waals surface area contributed by atoms with E-state index >= 15 is 0 Å². The molecule has 0 aromatic heterocycles. The molecule has 0 spiro atoms. The number of likely N-dealkylation sites (tertiary alicyclic amines) is 1. The quantitative estimate of drug-likeness (QED) is 0.811. The summed E-state index contributed by atoms with van der Waals surface area (Å²) in [5.74, 6) is 0.136. The van der Waals surface area contributed by atoms with E-state index < -0.39 is 30.0 Å². The van der Waals surface area contributed by atoms with E-state index in [9.17, 15) is 26.3 Å². The molecule has 25 heavy (non-hydrogen) atoms. The first-order valence-electron chi connectivity index (χ1n) is 7.73. The van der Waals surface area contributed by atoms with Crippen molar-refractivity contribution in [2.45, 2.75) is 25.2 Å². The summed E-state index contributed by atoms with van der Waals surface area (Å²) in [6, 6.07) is 4.78. The fraction of sp³-hybridized carbons (Fsp3) is 0.562. The molecular weight excluding hydrogens is 348 g/mol. The first-order chi connectivity index (χ1) is 11.6. The largest absolute Gasteiger partial charge is 0.417 e. The van der Waals surface area contributed by atoms with E-state index in [4.69, 9.17) is 5.26 Å². The Balaban J connectivity index is 1.88. The van der Waals surface area contributed by atoms with Crippen molar-refractivity contribution in [3.63, 3.8) is 0 Å². The van der Waals surface area contributed by atoms with Crippen LogP contribution in [0.15, 0.2) is 18.2 Å². The highest BCUT2D eigenvalue weighted by Crippen LogP contribution is 2.33. The Morgan fingerprint density at radius 2 is 1.76 bits per heavy atom. The molecule has 1 heterocycles. The molecule has 1 aliphatic rings. The van der Waals surface area contributed by atoms with Gasteiger partial charge in [0.1, 0.15) is 0 Å². The van der Waals surface area contributed by atoms with E-state index in [1.54, 1.807) is 0 Å². The van der Waals surface area contributed by atoms with Gasteiger partial charge in [-0.05, 0) is 50.0 Å². The van der Waals surface area contributed by atoms with E-state index in [1.165, 1.54) is 17.0 Å². The van der Waals surface area contributed by atoms with E-state index in [-0.39, 0.29) is 5.92 Å². The van der Waals surface area contributed by atoms with Crippen LogP contribution in [0.5, 0.6) is 0 Å². The first-order valence-corrected chi connectivity index (χ1v) is 7.73. The zero-order chi connectivity index (χ0) is 18.7. The Morgan fingerprint density at radius 1 is 1.12 bits per heavy atom. The molecule has 0 radical (unpaired) electrons. The maximum atomic E-state index is 12.7. The minimum atomic E-state index is -4.59. The van der Waals surface area contributed by atoms with Crippen molar-refractivity contribution in [3.8, 4) is 6.07 Å². The van der Waals surface area contributed by atoms with Gasteiger partial charge in [-0.25, -0.2) is 0 Å². The number of nitrogens with one attached hydrogen (secondary N) is 1. The van der Waals surface area contributed by atoms with Crippen LogP contribution in [0.2, 0.25) is 0 Å². The lowest BCUT2D eigenvalue weighted by Crippen LogP contribution is -2.41. The Kier molecular flexibility index (Phi) is 5.83. The predicted octanol–water partition coefficient (Wildman–Crippen LogP) is 4.26. The topological polar surface area (TPSA) is 39.1 Å². The van der Waals surface area contributed by atoms with Crippen LogP contribution in [0.1, 0.15) is 24.0 Å². The number of benzene rings is 1. The van der Waals surface area contributed by atoms with Crippen molar-refractivity contribution in [2.24, 2.45) is 5.92 Å². The van der Waals surface area contributed by atoms with Crippen LogP contribution in [0, 0.1) is 17.2 Å². The fourth-order valence-corrected chi connectivity index (χ4v) is 2.86. The van der Waals surface area contributed by atoms with Crippen molar-refractivity contribution in [3.05, 3.63) is 29.3 Å². The molecule has 0 aliphatic carbocycles. The highest BCUT2D eigenvalue weighted by molar-refractivity contribution is 5.53. The lowest BCUT2D eigenvalue weighted by Gasteiger charge is -2.32. The number of alkyl halides is 6. The highest BCUT2D eigenvalue weighted by atomic mass is 19.4. The summed E-state index contributed by atoms with van der Waals surface area (Å²) in [4.78, 5) is 1.35. The maximum absolute atomic E-state index is 12.7. The fourth-order valence-electron chi connectivity index (χ4n) is 2.86. The van der Waals surface area contributed by atoms with Crippen LogP contribution in [-0.4, -0.2) is 37.3 Å². The average Bonchev–Trinajstić information content (AvgIpc) is 2.51. The molecule has 1 saturated heterocycles. The monoisotopic (exact) mass is 365 g/mol. The van der Waals surface area contributed by atoms with Gasteiger partial charge in [-0.1, -0.05) is 0 Å². The summed E-state index contributed by atoms with van der Waals surface area (Å²) in [6.07, 6.45) is -7.64. The minimum absolute atomic E-state index is 0.136. The number of halogens is 6. The molecule has 9 heteroatoms. The summed E-state index contributed by atoms with van der Waals surface area (Å²) in [6.45, 7) is 0.193. The number of rotatable bonds is 4. The summed E-state index contributed by atoms with van der Waals surface area (Å²) < 4.78 is 75.2. The molecule has 138 valence electrons. The highest BCUT2D eigenvalue weighted by Gasteiger charge is 2.34. The second-order valence-electron chi connectivity index (χ2n) is 6.09. The number of nitriles is 1. The van der Waals surface area contributed by atoms with E-state index in [0.717, 1.165) is 12.1 Å². The van der Waals surface area contributed by atoms with E-state index in [1.807, 2.05) is 0 Å². The average molecular weight is 365 g/mol. The Labute approximate surface area is 141 Å². The van der Waals surface area contributed by atoms with Crippen molar-refractivity contribution < 1.29 is 26.3 Å². The van der Waals surface area contributed by atoms with Gasteiger partial charge < -0.3 is 5.32 Å². The van der Waals surface area contributed by atoms with Crippen molar-refractivity contribution in [2.75, 3.05) is 31.5 Å². The molecule has 2 rings (SSSR count). The normalized spacial score (nSPS) is 17.3. The smallest absolute Gasteiger partial charge is 0.385 e. The molecule has 1 aromatic carbocycles. The van der Waals surface area contributed by atoms with Crippen molar-refractivity contribution >= 4 is 5.69 Å². The third-order valence-corrected chi connectivity index (χ3v) is 4.15.